The molecule has 3 aliphatic heterocycles. The van der Waals surface area contributed by atoms with Crippen molar-refractivity contribution in [2.75, 3.05) is 67.8 Å². The fraction of sp³-hybridized carbons (Fsp3) is 0.687. The van der Waals surface area contributed by atoms with Crippen molar-refractivity contribution in [3.05, 3.63) is 70.8 Å². The number of imide groups is 2. The summed E-state index contributed by atoms with van der Waals surface area (Å²) in [5.74, 6) is -9.01. The van der Waals surface area contributed by atoms with Gasteiger partial charge in [-0.05, 0) is 118 Å². The van der Waals surface area contributed by atoms with Crippen molar-refractivity contribution >= 4 is 94.3 Å². The monoisotopic (exact) mass is 1610 g/mol. The Hall–Kier alpha value is -8.09. The Kier molecular flexibility index (Phi) is 39.8. The number of hydroxylamine groups is 2. The van der Waals surface area contributed by atoms with Crippen molar-refractivity contribution < 1.29 is 95.0 Å². The number of nitrogens with one attached hydrogen (secondary N) is 2. The van der Waals surface area contributed by atoms with E-state index in [9.17, 15) is 71.1 Å². The third kappa shape index (κ3) is 28.7. The molecule has 630 valence electrons. The second kappa shape index (κ2) is 47.1. The molecule has 0 spiro atoms. The number of ether oxygens (including phenoxy) is 3. The van der Waals surface area contributed by atoms with Crippen LogP contribution in [0.25, 0.3) is 0 Å². The number of Topliss-reactive ketones (excluding diaryl/α,β-unsaturated/α-hetero) is 3. The number of rotatable bonds is 51. The minimum Gasteiger partial charge on any atom is -0.445 e. The first-order valence-corrected chi connectivity index (χ1v) is 41.2. The smallest absolute Gasteiger partial charge is 0.410 e. The Balaban J connectivity index is 1.20. The van der Waals surface area contributed by atoms with Gasteiger partial charge in [-0.25, -0.2) is 18.4 Å². The van der Waals surface area contributed by atoms with E-state index in [0.717, 1.165) is 12.1 Å². The number of amides is 10. The average Bonchev–Trinajstić information content (AvgIpc) is 1.67. The van der Waals surface area contributed by atoms with Crippen LogP contribution in [0.15, 0.2) is 42.5 Å². The zero-order chi connectivity index (χ0) is 84.1. The molecule has 0 saturated carbocycles. The van der Waals surface area contributed by atoms with E-state index < -0.39 is 125 Å². The molecular formula is C83H125F2N9O18S. The van der Waals surface area contributed by atoms with Crippen LogP contribution in [0.2, 0.25) is 0 Å². The molecule has 4 N–H and O–H groups in total. The molecule has 30 heteroatoms. The van der Waals surface area contributed by atoms with E-state index in [1.165, 1.54) is 48.9 Å². The van der Waals surface area contributed by atoms with E-state index in [1.54, 1.807) is 48.0 Å². The van der Waals surface area contributed by atoms with Gasteiger partial charge in [0.2, 0.25) is 41.4 Å². The van der Waals surface area contributed by atoms with Gasteiger partial charge in [-0.15, -0.1) is 16.8 Å². The maximum atomic E-state index is 15.2. The molecule has 3 saturated heterocycles. The highest BCUT2D eigenvalue weighted by Crippen LogP contribution is 2.34. The molecule has 12 atom stereocenters. The van der Waals surface area contributed by atoms with Gasteiger partial charge in [0.1, 0.15) is 24.0 Å². The molecule has 1 unspecified atom stereocenters. The first-order valence-electron chi connectivity index (χ1n) is 40.1. The van der Waals surface area contributed by atoms with Gasteiger partial charge < -0.3 is 50.1 Å². The molecule has 0 radical (unpaired) electrons. The van der Waals surface area contributed by atoms with Crippen LogP contribution in [-0.4, -0.2) is 228 Å². The summed E-state index contributed by atoms with van der Waals surface area (Å²) in [4.78, 5) is 200. The fourth-order valence-electron chi connectivity index (χ4n) is 15.3. The highest BCUT2D eigenvalue weighted by atomic mass is 32.2. The normalized spacial score (nSPS) is 18.3. The molecule has 0 aromatic heterocycles. The lowest BCUT2D eigenvalue weighted by Crippen LogP contribution is -2.54. The third-order valence-electron chi connectivity index (χ3n) is 22.2. The number of nitrogens with zero attached hydrogens (tertiary/aromatic N) is 6. The number of carbonyl (C=O) groups excluding carboxylic acids is 14. The SMILES string of the molecule is CC[C@H](C)[C@@H]([C@@H](CC(=O)N1C[C@@H](N(C)C(=O)OCc2ccc(CC(=O)[C@H](CCCCC(N)=O)NC(=O)[C@@H](CC(=O)CCCCCN3C(=O)CC(SCCCCCC(=O)ON4C(=O)CCC4=O)C3=O)C(C)C)cc2)C[C@H]1[C@H](OC)[C@@H](C)C(=O)NCCc1c(F)cccc1F)OC)N(C)C(=O)[C@@H](CC(=O)[C@H](C(C)C)N(C)C)C(C)C. The lowest BCUT2D eigenvalue weighted by atomic mass is 9.83. The Morgan fingerprint density at radius 1 is 0.690 bits per heavy atom. The van der Waals surface area contributed by atoms with Crippen molar-refractivity contribution in [2.45, 2.75) is 258 Å². The van der Waals surface area contributed by atoms with Crippen molar-refractivity contribution in [2.24, 2.45) is 47.2 Å². The van der Waals surface area contributed by atoms with Crippen molar-refractivity contribution in [3.63, 3.8) is 0 Å². The lowest BCUT2D eigenvalue weighted by molar-refractivity contribution is -0.197. The average molecular weight is 1610 g/mol. The number of likely N-dealkylation sites (tertiary alicyclic amines) is 2. The predicted octanol–water partition coefficient (Wildman–Crippen LogP) is 9.07. The standard InChI is InChI=1S/C83H125F2N9O18S/c1-16-53(8)77(91(13)81(106)61(51(4)5)45-67(97)76(52(6)7)89(10)11)68(109-14)46-73(101)93-48-57(43-65(93)78(110-15)54(9)79(104)87-39-38-59-62(84)27-25-28-63(59)85)90(12)83(108)111-49-56-34-32-55(33-35-56)42-66(96)64(29-21-22-30-70(86)98)88-80(105)60(50(2)3)44-58(95)26-19-17-23-40-92-74(102)47-69(82(92)107)113-41-24-18-20-31-75(103)112-94-71(99)36-37-72(94)100/h25,27-28,32-35,50-54,57,60-61,64-65,68-69,76-78H,16-24,26,29-31,36-49H2,1-15H3,(H2,86,98)(H,87,104)(H,88,105)/t53-,54+,57-,60-,61-,64-,65-,68+,69?,76-,77-,78+/m0/s1. The number of unbranched alkanes of at least 4 members (excludes halogenated alkanes) is 5. The number of hydrogen-bond donors (Lipinski definition) is 3. The molecule has 113 heavy (non-hydrogen) atoms. The quantitative estimate of drug-likeness (QED) is 0.0410. The number of ketones is 3. The topological polar surface area (TPSA) is 345 Å². The number of halogens is 2. The molecule has 0 bridgehead atoms. The zero-order valence-electron chi connectivity index (χ0n) is 69.1. The number of primary amides is 1. The number of carbonyl (C=O) groups is 14. The van der Waals surface area contributed by atoms with E-state index in [4.69, 9.17) is 24.8 Å². The van der Waals surface area contributed by atoms with Gasteiger partial charge in [0, 0.05) is 123 Å². The van der Waals surface area contributed by atoms with Crippen molar-refractivity contribution in [1.29, 1.82) is 0 Å². The molecule has 3 aliphatic rings. The predicted molar refractivity (Wildman–Crippen MR) is 421 cm³/mol. The van der Waals surface area contributed by atoms with E-state index in [2.05, 4.69) is 10.6 Å². The lowest BCUT2D eigenvalue weighted by Gasteiger charge is -2.41. The molecule has 2 aromatic rings. The summed E-state index contributed by atoms with van der Waals surface area (Å²) in [7, 11) is 9.78. The van der Waals surface area contributed by atoms with Crippen LogP contribution in [0, 0.1) is 53.1 Å². The summed E-state index contributed by atoms with van der Waals surface area (Å²) >= 11 is 1.38. The minimum atomic E-state index is -0.980. The van der Waals surface area contributed by atoms with Gasteiger partial charge >= 0.3 is 12.1 Å². The Bertz CT molecular complexity index is 3540. The molecule has 10 amide bonds. The van der Waals surface area contributed by atoms with E-state index in [0.29, 0.717) is 79.7 Å². The summed E-state index contributed by atoms with van der Waals surface area (Å²) in [6, 6.07) is 6.75. The second-order valence-corrected chi connectivity index (χ2v) is 33.1. The molecular weight excluding hydrogens is 1480 g/mol. The highest BCUT2D eigenvalue weighted by Gasteiger charge is 2.48. The first-order chi connectivity index (χ1) is 53.5. The molecule has 3 heterocycles. The minimum absolute atomic E-state index is 0.000652. The van der Waals surface area contributed by atoms with Gasteiger partial charge in [0.25, 0.3) is 11.8 Å². The number of likely N-dealkylation sites (N-methyl/N-ethyl adjacent to an activating group) is 3. The van der Waals surface area contributed by atoms with Gasteiger partial charge in [-0.2, -0.15) is 0 Å². The highest BCUT2D eigenvalue weighted by molar-refractivity contribution is 8.00. The number of nitrogens with two attached hydrogens (primary N) is 1. The van der Waals surface area contributed by atoms with E-state index >= 15 is 4.79 Å². The van der Waals surface area contributed by atoms with Crippen LogP contribution in [0.3, 0.4) is 0 Å². The molecule has 27 nitrogen and oxygen atoms in total. The van der Waals surface area contributed by atoms with Gasteiger partial charge in [0.05, 0.1) is 60.0 Å². The Morgan fingerprint density at radius 3 is 1.90 bits per heavy atom. The van der Waals surface area contributed by atoms with Crippen LogP contribution in [0.4, 0.5) is 13.6 Å². The van der Waals surface area contributed by atoms with Crippen LogP contribution >= 0.6 is 11.8 Å². The molecule has 5 rings (SSSR count). The summed E-state index contributed by atoms with van der Waals surface area (Å²) in [6.45, 7) is 16.8. The number of hydrogen-bond acceptors (Lipinski definition) is 20. The Labute approximate surface area is 670 Å². The van der Waals surface area contributed by atoms with Crippen LogP contribution in [-0.2, 0) is 101 Å². The maximum absolute atomic E-state index is 15.2. The summed E-state index contributed by atoms with van der Waals surface area (Å²) in [5.41, 5.74) is 6.38. The molecule has 3 fully saturated rings. The molecule has 2 aromatic carbocycles. The zero-order valence-corrected chi connectivity index (χ0v) is 69.9. The van der Waals surface area contributed by atoms with Gasteiger partial charge in [0.15, 0.2) is 11.6 Å². The number of benzene rings is 2. The van der Waals surface area contributed by atoms with Crippen LogP contribution in [0.5, 0.6) is 0 Å². The Morgan fingerprint density at radius 2 is 1.31 bits per heavy atom. The maximum Gasteiger partial charge on any atom is 0.410 e. The van der Waals surface area contributed by atoms with Crippen molar-refractivity contribution in [1.82, 2.24) is 40.2 Å². The fourth-order valence-corrected chi connectivity index (χ4v) is 16.5. The van der Waals surface area contributed by atoms with Crippen LogP contribution in [0.1, 0.15) is 207 Å². The first kappa shape index (κ1) is 95.5. The largest absolute Gasteiger partial charge is 0.445 e. The van der Waals surface area contributed by atoms with E-state index in [1.807, 2.05) is 74.4 Å². The third-order valence-corrected chi connectivity index (χ3v) is 23.5. The van der Waals surface area contributed by atoms with Crippen LogP contribution < -0.4 is 16.4 Å². The van der Waals surface area contributed by atoms with Crippen molar-refractivity contribution in [3.8, 4) is 0 Å². The number of thioether (sulfide) groups is 1. The van der Waals surface area contributed by atoms with Gasteiger partial charge in [-0.3, -0.25) is 67.3 Å². The number of methoxy groups -OCH3 is 2. The second-order valence-electron chi connectivity index (χ2n) is 31.8. The summed E-state index contributed by atoms with van der Waals surface area (Å²) in [5, 5.41) is 5.69. The van der Waals surface area contributed by atoms with E-state index in [-0.39, 0.29) is 174 Å². The summed E-state index contributed by atoms with van der Waals surface area (Å²) in [6.07, 6.45) is 2.14. The summed E-state index contributed by atoms with van der Waals surface area (Å²) < 4.78 is 47.4. The molecule has 0 aliphatic carbocycles. The van der Waals surface area contributed by atoms with Gasteiger partial charge in [-0.1, -0.05) is 118 Å².